The van der Waals surface area contributed by atoms with Crippen LogP contribution in [0.3, 0.4) is 0 Å². The maximum atomic E-state index is 13.0. The molecule has 0 fully saturated rings. The van der Waals surface area contributed by atoms with Crippen LogP contribution in [0.5, 0.6) is 5.75 Å². The van der Waals surface area contributed by atoms with Crippen molar-refractivity contribution in [2.24, 2.45) is 0 Å². The fourth-order valence-corrected chi connectivity index (χ4v) is 3.58. The molecule has 0 N–H and O–H groups in total. The SMILES string of the molecule is COCCOCOc1ccc(N2CCc3c(ccc(Br)c3C)C2=O)cc1[N+](=O)[O-]. The van der Waals surface area contributed by atoms with Crippen molar-refractivity contribution >= 4 is 33.2 Å². The molecule has 0 unspecified atom stereocenters. The summed E-state index contributed by atoms with van der Waals surface area (Å²) in [5, 5.41) is 11.5. The maximum Gasteiger partial charge on any atom is 0.313 e. The number of amides is 1. The van der Waals surface area contributed by atoms with E-state index in [0.29, 0.717) is 37.4 Å². The number of carbonyl (C=O) groups excluding carboxylic acids is 1. The van der Waals surface area contributed by atoms with E-state index in [2.05, 4.69) is 15.9 Å². The summed E-state index contributed by atoms with van der Waals surface area (Å²) in [5.41, 5.74) is 2.90. The highest BCUT2D eigenvalue weighted by molar-refractivity contribution is 9.10. The molecule has 2 aromatic carbocycles. The number of ether oxygens (including phenoxy) is 3. The molecule has 0 bridgehead atoms. The Morgan fingerprint density at radius 3 is 2.76 bits per heavy atom. The number of fused-ring (bicyclic) bond motifs is 1. The largest absolute Gasteiger partial charge is 0.460 e. The van der Waals surface area contributed by atoms with Crippen LogP contribution in [-0.2, 0) is 15.9 Å². The third-order valence-corrected chi connectivity index (χ3v) is 5.63. The molecule has 1 aliphatic heterocycles. The molecule has 0 saturated heterocycles. The number of rotatable bonds is 8. The van der Waals surface area contributed by atoms with E-state index in [1.165, 1.54) is 12.1 Å². The Morgan fingerprint density at radius 1 is 1.24 bits per heavy atom. The first-order valence-corrected chi connectivity index (χ1v) is 9.81. The van der Waals surface area contributed by atoms with E-state index in [1.54, 1.807) is 24.1 Å². The Balaban J connectivity index is 1.82. The normalized spacial score (nSPS) is 13.3. The number of benzene rings is 2. The molecule has 29 heavy (non-hydrogen) atoms. The number of nitrogens with zero attached hydrogens (tertiary/aromatic N) is 2. The van der Waals surface area contributed by atoms with Gasteiger partial charge in [0, 0.05) is 29.8 Å². The van der Waals surface area contributed by atoms with Gasteiger partial charge in [0.25, 0.3) is 5.91 Å². The highest BCUT2D eigenvalue weighted by atomic mass is 79.9. The number of nitro groups is 1. The average Bonchev–Trinajstić information content (AvgIpc) is 2.71. The minimum Gasteiger partial charge on any atom is -0.460 e. The summed E-state index contributed by atoms with van der Waals surface area (Å²) < 4.78 is 16.4. The van der Waals surface area contributed by atoms with E-state index in [9.17, 15) is 14.9 Å². The molecular weight excluding hydrogens is 444 g/mol. The Morgan fingerprint density at radius 2 is 2.03 bits per heavy atom. The topological polar surface area (TPSA) is 91.1 Å². The van der Waals surface area contributed by atoms with Crippen LogP contribution in [0.4, 0.5) is 11.4 Å². The summed E-state index contributed by atoms with van der Waals surface area (Å²) in [7, 11) is 1.55. The van der Waals surface area contributed by atoms with Gasteiger partial charge in [-0.25, -0.2) is 0 Å². The minimum atomic E-state index is -0.530. The highest BCUT2D eigenvalue weighted by Gasteiger charge is 2.29. The van der Waals surface area contributed by atoms with Crippen LogP contribution in [0.1, 0.15) is 21.5 Å². The van der Waals surface area contributed by atoms with Crippen molar-refractivity contribution in [3.63, 3.8) is 0 Å². The van der Waals surface area contributed by atoms with Gasteiger partial charge in [0.15, 0.2) is 12.5 Å². The number of nitro benzene ring substituents is 1. The second-order valence-electron chi connectivity index (χ2n) is 6.48. The fourth-order valence-electron chi connectivity index (χ4n) is 3.21. The first-order chi connectivity index (χ1) is 13.9. The Labute approximate surface area is 176 Å². The van der Waals surface area contributed by atoms with Crippen molar-refractivity contribution in [2.75, 3.05) is 38.6 Å². The Kier molecular flexibility index (Phi) is 6.83. The lowest BCUT2D eigenvalue weighted by molar-refractivity contribution is -0.386. The predicted octanol–water partition coefficient (Wildman–Crippen LogP) is 3.87. The molecule has 2 aromatic rings. The van der Waals surface area contributed by atoms with E-state index >= 15 is 0 Å². The van der Waals surface area contributed by atoms with Gasteiger partial charge in [0.2, 0.25) is 0 Å². The van der Waals surface area contributed by atoms with Crippen LogP contribution in [0.2, 0.25) is 0 Å². The molecule has 3 rings (SSSR count). The van der Waals surface area contributed by atoms with Crippen LogP contribution in [0.25, 0.3) is 0 Å². The van der Waals surface area contributed by atoms with Crippen LogP contribution in [0.15, 0.2) is 34.8 Å². The molecule has 1 heterocycles. The van der Waals surface area contributed by atoms with Crippen molar-refractivity contribution in [3.05, 3.63) is 61.6 Å². The molecule has 1 aliphatic rings. The number of hydrogen-bond acceptors (Lipinski definition) is 6. The average molecular weight is 465 g/mol. The minimum absolute atomic E-state index is 0.0841. The first kappa shape index (κ1) is 21.2. The lowest BCUT2D eigenvalue weighted by Crippen LogP contribution is -2.38. The van der Waals surface area contributed by atoms with Crippen molar-refractivity contribution in [1.29, 1.82) is 0 Å². The molecule has 0 spiro atoms. The second-order valence-corrected chi connectivity index (χ2v) is 7.33. The lowest BCUT2D eigenvalue weighted by atomic mass is 9.94. The predicted molar refractivity (Wildman–Crippen MR) is 111 cm³/mol. The van der Waals surface area contributed by atoms with Gasteiger partial charge in [0.1, 0.15) is 0 Å². The lowest BCUT2D eigenvalue weighted by Gasteiger charge is -2.30. The third-order valence-electron chi connectivity index (χ3n) is 4.77. The second kappa shape index (κ2) is 9.34. The molecule has 9 heteroatoms. The molecular formula is C20H21BrN2O6. The third kappa shape index (κ3) is 4.58. The van der Waals surface area contributed by atoms with Gasteiger partial charge < -0.3 is 19.1 Å². The zero-order valence-corrected chi connectivity index (χ0v) is 17.7. The summed E-state index contributed by atoms with van der Waals surface area (Å²) in [5.74, 6) is -0.0893. The summed E-state index contributed by atoms with van der Waals surface area (Å²) in [4.78, 5) is 25.5. The zero-order valence-electron chi connectivity index (χ0n) is 16.1. The number of hydrogen-bond donors (Lipinski definition) is 0. The van der Waals surface area contributed by atoms with E-state index < -0.39 is 4.92 Å². The summed E-state index contributed by atoms with van der Waals surface area (Å²) in [6.45, 7) is 3.00. The highest BCUT2D eigenvalue weighted by Crippen LogP contribution is 2.35. The Hall–Kier alpha value is -2.49. The van der Waals surface area contributed by atoms with E-state index in [0.717, 1.165) is 15.6 Å². The number of halogens is 1. The van der Waals surface area contributed by atoms with Gasteiger partial charge >= 0.3 is 5.69 Å². The van der Waals surface area contributed by atoms with Gasteiger partial charge in [-0.3, -0.25) is 14.9 Å². The summed E-state index contributed by atoms with van der Waals surface area (Å²) >= 11 is 3.49. The molecule has 0 atom stereocenters. The molecule has 0 aliphatic carbocycles. The maximum absolute atomic E-state index is 13.0. The van der Waals surface area contributed by atoms with Gasteiger partial charge in [-0.15, -0.1) is 0 Å². The van der Waals surface area contributed by atoms with Gasteiger partial charge in [-0.2, -0.15) is 0 Å². The van der Waals surface area contributed by atoms with Crippen molar-refractivity contribution in [2.45, 2.75) is 13.3 Å². The molecule has 154 valence electrons. The molecule has 0 radical (unpaired) electrons. The van der Waals surface area contributed by atoms with E-state index in [-0.39, 0.29) is 24.1 Å². The van der Waals surface area contributed by atoms with E-state index in [4.69, 9.17) is 14.2 Å². The zero-order chi connectivity index (χ0) is 21.0. The van der Waals surface area contributed by atoms with Crippen LogP contribution in [0, 0.1) is 17.0 Å². The molecule has 8 nitrogen and oxygen atoms in total. The molecule has 1 amide bonds. The summed E-state index contributed by atoms with van der Waals surface area (Å²) in [6.07, 6.45) is 0.672. The van der Waals surface area contributed by atoms with Crippen molar-refractivity contribution < 1.29 is 23.9 Å². The smallest absolute Gasteiger partial charge is 0.313 e. The quantitative estimate of drug-likeness (QED) is 0.255. The van der Waals surface area contributed by atoms with Crippen LogP contribution >= 0.6 is 15.9 Å². The van der Waals surface area contributed by atoms with Crippen molar-refractivity contribution in [3.8, 4) is 5.75 Å². The molecule has 0 aromatic heterocycles. The first-order valence-electron chi connectivity index (χ1n) is 9.01. The standard InChI is InChI=1S/C20H21BrN2O6/c1-13-15-7-8-22(20(24)16(15)4-5-17(13)21)14-3-6-19(18(11-14)23(25)26)29-12-28-10-9-27-2/h3-6,11H,7-10,12H2,1-2H3. The van der Waals surface area contributed by atoms with Crippen LogP contribution in [-0.4, -0.2) is 44.5 Å². The summed E-state index contributed by atoms with van der Waals surface area (Å²) in [6, 6.07) is 8.12. The monoisotopic (exact) mass is 464 g/mol. The fraction of sp³-hybridized carbons (Fsp3) is 0.350. The van der Waals surface area contributed by atoms with Gasteiger partial charge in [-0.1, -0.05) is 15.9 Å². The number of anilines is 1. The number of methoxy groups -OCH3 is 1. The van der Waals surface area contributed by atoms with Gasteiger partial charge in [0.05, 0.1) is 23.8 Å². The number of carbonyl (C=O) groups is 1. The van der Waals surface area contributed by atoms with Crippen LogP contribution < -0.4 is 9.64 Å². The molecule has 0 saturated carbocycles. The van der Waals surface area contributed by atoms with E-state index in [1.807, 2.05) is 13.0 Å². The van der Waals surface area contributed by atoms with Crippen molar-refractivity contribution in [1.82, 2.24) is 0 Å². The van der Waals surface area contributed by atoms with Gasteiger partial charge in [-0.05, 0) is 48.7 Å². The Bertz CT molecular complexity index is 933.